The van der Waals surface area contributed by atoms with Crippen LogP contribution < -0.4 is 9.64 Å². The van der Waals surface area contributed by atoms with Gasteiger partial charge in [-0.2, -0.15) is 0 Å². The lowest BCUT2D eigenvalue weighted by Gasteiger charge is -2.29. The van der Waals surface area contributed by atoms with Crippen LogP contribution in [0, 0.1) is 0 Å². The van der Waals surface area contributed by atoms with Gasteiger partial charge >= 0.3 is 0 Å². The summed E-state index contributed by atoms with van der Waals surface area (Å²) in [4.78, 5) is 17.1. The van der Waals surface area contributed by atoms with Crippen molar-refractivity contribution in [2.75, 3.05) is 18.1 Å². The summed E-state index contributed by atoms with van der Waals surface area (Å²) in [5.74, 6) is 0.862. The first-order valence-electron chi connectivity index (χ1n) is 8.56. The Balaban J connectivity index is 1.54. The van der Waals surface area contributed by atoms with Gasteiger partial charge in [0.15, 0.2) is 0 Å². The molecule has 1 aliphatic heterocycles. The van der Waals surface area contributed by atoms with Crippen molar-refractivity contribution in [3.8, 4) is 16.2 Å². The van der Waals surface area contributed by atoms with Crippen LogP contribution in [0.25, 0.3) is 10.4 Å². The summed E-state index contributed by atoms with van der Waals surface area (Å²) in [5, 5.41) is 0. The summed E-state index contributed by atoms with van der Waals surface area (Å²) < 4.78 is 5.68. The van der Waals surface area contributed by atoms with Crippen molar-refractivity contribution in [2.24, 2.45) is 0 Å². The zero-order chi connectivity index (χ0) is 16.8. The van der Waals surface area contributed by atoms with Crippen molar-refractivity contribution in [2.45, 2.75) is 12.8 Å². The molecule has 1 amide bonds. The van der Waals surface area contributed by atoms with Gasteiger partial charge < -0.3 is 9.64 Å². The maximum absolute atomic E-state index is 13.2. The van der Waals surface area contributed by atoms with Gasteiger partial charge in [0.05, 0.1) is 17.1 Å². The molecule has 124 valence electrons. The molecule has 0 atom stereocenters. The van der Waals surface area contributed by atoms with Gasteiger partial charge in [0, 0.05) is 4.88 Å². The van der Waals surface area contributed by atoms with Gasteiger partial charge in [0.25, 0.3) is 5.91 Å². The van der Waals surface area contributed by atoms with E-state index in [1.54, 1.807) is 11.3 Å². The Kier molecular flexibility index (Phi) is 3.38. The number of fused-ring (bicyclic) bond motifs is 4. The molecule has 5 rings (SSSR count). The molecule has 0 spiro atoms. The van der Waals surface area contributed by atoms with Gasteiger partial charge in [0.2, 0.25) is 0 Å². The van der Waals surface area contributed by atoms with Gasteiger partial charge in [-0.3, -0.25) is 4.79 Å². The van der Waals surface area contributed by atoms with Crippen LogP contribution in [-0.4, -0.2) is 19.1 Å². The number of nitrogens with zero attached hydrogens (tertiary/aromatic N) is 1. The summed E-state index contributed by atoms with van der Waals surface area (Å²) in [7, 11) is 0. The van der Waals surface area contributed by atoms with Crippen molar-refractivity contribution in [1.82, 2.24) is 0 Å². The monoisotopic (exact) mass is 347 g/mol. The third kappa shape index (κ3) is 2.36. The molecule has 2 aliphatic rings. The average Bonchev–Trinajstić information content (AvgIpc) is 3.12. The third-order valence-corrected chi connectivity index (χ3v) is 6.12. The highest BCUT2D eigenvalue weighted by Gasteiger charge is 2.28. The van der Waals surface area contributed by atoms with Gasteiger partial charge in [-0.15, -0.1) is 11.3 Å². The highest BCUT2D eigenvalue weighted by atomic mass is 32.1. The average molecular weight is 347 g/mol. The summed E-state index contributed by atoms with van der Waals surface area (Å²) in [6.07, 6.45) is 2.06. The minimum Gasteiger partial charge on any atom is -0.490 e. The zero-order valence-corrected chi connectivity index (χ0v) is 14.5. The van der Waals surface area contributed by atoms with E-state index in [0.29, 0.717) is 13.2 Å². The maximum Gasteiger partial charge on any atom is 0.268 e. The van der Waals surface area contributed by atoms with Gasteiger partial charge in [-0.05, 0) is 47.7 Å². The van der Waals surface area contributed by atoms with E-state index >= 15 is 0 Å². The van der Waals surface area contributed by atoms with Gasteiger partial charge in [0.1, 0.15) is 12.4 Å². The lowest BCUT2D eigenvalue weighted by Crippen LogP contribution is -2.37. The largest absolute Gasteiger partial charge is 0.490 e. The number of carbonyl (C=O) groups is 1. The summed E-state index contributed by atoms with van der Waals surface area (Å²) >= 11 is 1.62. The fraction of sp³-hybridized carbons (Fsp3) is 0.190. The molecule has 0 N–H and O–H groups in total. The van der Waals surface area contributed by atoms with E-state index in [-0.39, 0.29) is 5.91 Å². The second-order valence-corrected chi connectivity index (χ2v) is 7.45. The van der Waals surface area contributed by atoms with E-state index in [2.05, 4.69) is 30.3 Å². The van der Waals surface area contributed by atoms with Crippen molar-refractivity contribution in [3.63, 3.8) is 0 Å². The molecule has 3 aromatic rings. The van der Waals surface area contributed by atoms with E-state index in [0.717, 1.165) is 29.2 Å². The number of carbonyl (C=O) groups excluding carboxylic acids is 1. The van der Waals surface area contributed by atoms with E-state index in [4.69, 9.17) is 4.74 Å². The lowest BCUT2D eigenvalue weighted by molar-refractivity contribution is 0.0980. The smallest absolute Gasteiger partial charge is 0.268 e. The Morgan fingerprint density at radius 2 is 1.80 bits per heavy atom. The Morgan fingerprint density at radius 1 is 1.00 bits per heavy atom. The molecule has 2 aromatic carbocycles. The minimum atomic E-state index is 0.0765. The number of para-hydroxylation sites is 2. The van der Waals surface area contributed by atoms with Crippen molar-refractivity contribution >= 4 is 22.9 Å². The topological polar surface area (TPSA) is 29.5 Å². The van der Waals surface area contributed by atoms with Crippen LogP contribution in [0.1, 0.15) is 20.8 Å². The van der Waals surface area contributed by atoms with Crippen LogP contribution in [0.2, 0.25) is 0 Å². The molecule has 4 heteroatoms. The summed E-state index contributed by atoms with van der Waals surface area (Å²) in [5.41, 5.74) is 4.84. The van der Waals surface area contributed by atoms with Crippen molar-refractivity contribution in [1.29, 1.82) is 0 Å². The first kappa shape index (κ1) is 14.7. The van der Waals surface area contributed by atoms with E-state index in [1.807, 2.05) is 29.2 Å². The SMILES string of the molecule is O=C(c1cc2c(s1)-c1ccccc1CC2)N1CCOc2ccccc21. The number of hydrogen-bond acceptors (Lipinski definition) is 3. The number of amides is 1. The Hall–Kier alpha value is -2.59. The lowest BCUT2D eigenvalue weighted by atomic mass is 9.91. The molecule has 0 saturated heterocycles. The number of rotatable bonds is 1. The first-order valence-corrected chi connectivity index (χ1v) is 9.37. The maximum atomic E-state index is 13.2. The molecule has 0 bridgehead atoms. The van der Waals surface area contributed by atoms with Gasteiger partial charge in [-0.1, -0.05) is 36.4 Å². The third-order valence-electron chi connectivity index (χ3n) is 4.92. The van der Waals surface area contributed by atoms with Crippen molar-refractivity contribution in [3.05, 3.63) is 70.6 Å². The molecule has 0 saturated carbocycles. The molecular formula is C21H17NO2S. The van der Waals surface area contributed by atoms with Crippen LogP contribution in [0.5, 0.6) is 5.75 Å². The van der Waals surface area contributed by atoms with Crippen molar-refractivity contribution < 1.29 is 9.53 Å². The number of aryl methyl sites for hydroxylation is 2. The predicted octanol–water partition coefficient (Wildman–Crippen LogP) is 4.55. The van der Waals surface area contributed by atoms with Crippen LogP contribution in [0.4, 0.5) is 5.69 Å². The first-order chi connectivity index (χ1) is 12.3. The molecule has 25 heavy (non-hydrogen) atoms. The Bertz CT molecular complexity index is 976. The van der Waals surface area contributed by atoms with Gasteiger partial charge in [-0.25, -0.2) is 0 Å². The standard InChI is InChI=1S/C21H17NO2S/c23-21(22-11-12-24-18-8-4-3-7-17(18)22)19-13-15-10-9-14-5-1-2-6-16(14)20(15)25-19/h1-8,13H,9-12H2. The Labute approximate surface area is 150 Å². The fourth-order valence-corrected chi connectivity index (χ4v) is 4.91. The minimum absolute atomic E-state index is 0.0765. The molecule has 1 aromatic heterocycles. The molecule has 3 nitrogen and oxygen atoms in total. The Morgan fingerprint density at radius 3 is 2.76 bits per heavy atom. The predicted molar refractivity (Wildman–Crippen MR) is 101 cm³/mol. The van der Waals surface area contributed by atoms with E-state index in [1.165, 1.54) is 21.6 Å². The van der Waals surface area contributed by atoms with Crippen LogP contribution in [0.15, 0.2) is 54.6 Å². The second kappa shape index (κ2) is 5.74. The van der Waals surface area contributed by atoms with Crippen LogP contribution in [-0.2, 0) is 12.8 Å². The number of benzene rings is 2. The molecule has 2 heterocycles. The highest BCUT2D eigenvalue weighted by Crippen LogP contribution is 2.41. The summed E-state index contributed by atoms with van der Waals surface area (Å²) in [6.45, 7) is 1.13. The van der Waals surface area contributed by atoms with Crippen LogP contribution >= 0.6 is 11.3 Å². The quantitative estimate of drug-likeness (QED) is 0.646. The molecule has 1 aliphatic carbocycles. The number of ether oxygens (including phenoxy) is 1. The normalized spacial score (nSPS) is 15.0. The summed E-state index contributed by atoms with van der Waals surface area (Å²) in [6, 6.07) is 18.4. The van der Waals surface area contributed by atoms with E-state index < -0.39 is 0 Å². The highest BCUT2D eigenvalue weighted by molar-refractivity contribution is 7.17. The number of anilines is 1. The molecule has 0 unspecified atom stereocenters. The van der Waals surface area contributed by atoms with E-state index in [9.17, 15) is 4.79 Å². The zero-order valence-electron chi connectivity index (χ0n) is 13.7. The molecular weight excluding hydrogens is 330 g/mol. The molecule has 0 radical (unpaired) electrons. The number of thiophene rings is 1. The second-order valence-electron chi connectivity index (χ2n) is 6.40. The van der Waals surface area contributed by atoms with Crippen LogP contribution in [0.3, 0.4) is 0 Å². The molecule has 0 fully saturated rings. The number of hydrogen-bond donors (Lipinski definition) is 0. The fourth-order valence-electron chi connectivity index (χ4n) is 3.69.